The van der Waals surface area contributed by atoms with Crippen molar-refractivity contribution in [3.05, 3.63) is 271 Å². The van der Waals surface area contributed by atoms with Gasteiger partial charge in [0, 0.05) is 16.9 Å². The summed E-state index contributed by atoms with van der Waals surface area (Å²) in [4.78, 5) is 2.46. The van der Waals surface area contributed by atoms with Gasteiger partial charge in [-0.3, -0.25) is 0 Å². The second-order valence-corrected chi connectivity index (χ2v) is 15.6. The van der Waals surface area contributed by atoms with Crippen molar-refractivity contribution in [3.63, 3.8) is 0 Å². The van der Waals surface area contributed by atoms with Crippen LogP contribution < -0.4 is 4.90 Å². The number of hydrogen-bond acceptors (Lipinski definition) is 1. The molecule has 10 aromatic carbocycles. The van der Waals surface area contributed by atoms with Crippen molar-refractivity contribution in [3.8, 4) is 44.5 Å². The lowest BCUT2D eigenvalue weighted by Gasteiger charge is -2.35. The van der Waals surface area contributed by atoms with E-state index >= 15 is 0 Å². The van der Waals surface area contributed by atoms with E-state index in [1.54, 1.807) is 0 Å². The number of benzene rings is 10. The van der Waals surface area contributed by atoms with Crippen LogP contribution in [0.15, 0.2) is 249 Å². The molecule has 0 bridgehead atoms. The standard InChI is InChI=1S/C59H41N/c1-5-18-42(19-6-1)43-32-34-44(35-33-43)45-36-38-50(39-37-45)60(49-26-11-4-12-27-49)58-41-57-54(40-55(58)52-30-17-21-46-20-13-14-28-51(46)52)53-29-15-16-31-56(53)59(57,47-22-7-2-8-23-47)48-24-9-3-10-25-48/h1-41H. The van der Waals surface area contributed by atoms with Crippen LogP contribution >= 0.6 is 0 Å². The topological polar surface area (TPSA) is 3.24 Å². The summed E-state index contributed by atoms with van der Waals surface area (Å²) in [6.45, 7) is 0. The maximum atomic E-state index is 2.51. The molecule has 282 valence electrons. The van der Waals surface area contributed by atoms with E-state index < -0.39 is 5.41 Å². The Morgan fingerprint density at radius 3 is 1.40 bits per heavy atom. The van der Waals surface area contributed by atoms with Gasteiger partial charge in [-0.25, -0.2) is 0 Å². The van der Waals surface area contributed by atoms with Crippen molar-refractivity contribution in [1.82, 2.24) is 0 Å². The van der Waals surface area contributed by atoms with Crippen LogP contribution in [0.3, 0.4) is 0 Å². The monoisotopic (exact) mass is 763 g/mol. The molecule has 0 aliphatic heterocycles. The van der Waals surface area contributed by atoms with Crippen LogP contribution in [0.2, 0.25) is 0 Å². The molecule has 0 N–H and O–H groups in total. The van der Waals surface area contributed by atoms with Crippen LogP contribution in [0, 0.1) is 0 Å². The second kappa shape index (κ2) is 14.9. The molecule has 0 fully saturated rings. The molecular formula is C59H41N. The van der Waals surface area contributed by atoms with E-state index in [1.807, 2.05) is 0 Å². The zero-order valence-electron chi connectivity index (χ0n) is 33.1. The Balaban J connectivity index is 1.17. The highest BCUT2D eigenvalue weighted by Crippen LogP contribution is 2.59. The lowest BCUT2D eigenvalue weighted by Crippen LogP contribution is -2.28. The fourth-order valence-electron chi connectivity index (χ4n) is 9.63. The number of para-hydroxylation sites is 1. The normalized spacial score (nSPS) is 12.5. The minimum Gasteiger partial charge on any atom is -0.310 e. The highest BCUT2D eigenvalue weighted by atomic mass is 15.1. The Morgan fingerprint density at radius 2 is 0.750 bits per heavy atom. The minimum absolute atomic E-state index is 0.543. The number of rotatable bonds is 8. The van der Waals surface area contributed by atoms with E-state index in [2.05, 4.69) is 254 Å². The highest BCUT2D eigenvalue weighted by molar-refractivity contribution is 6.04. The summed E-state index contributed by atoms with van der Waals surface area (Å²) in [6, 6.07) is 91.1. The zero-order chi connectivity index (χ0) is 39.9. The van der Waals surface area contributed by atoms with Crippen molar-refractivity contribution in [2.45, 2.75) is 5.41 Å². The van der Waals surface area contributed by atoms with Crippen molar-refractivity contribution in [2.75, 3.05) is 4.90 Å². The van der Waals surface area contributed by atoms with Crippen LogP contribution in [0.25, 0.3) is 55.3 Å². The maximum Gasteiger partial charge on any atom is 0.0714 e. The number of hydrogen-bond donors (Lipinski definition) is 0. The third-order valence-electron chi connectivity index (χ3n) is 12.4. The number of anilines is 3. The summed E-state index contributed by atoms with van der Waals surface area (Å²) in [6.07, 6.45) is 0. The first-order chi connectivity index (χ1) is 29.8. The molecule has 0 unspecified atom stereocenters. The number of nitrogens with zero attached hydrogens (tertiary/aromatic N) is 1. The van der Waals surface area contributed by atoms with E-state index in [0.29, 0.717) is 0 Å². The molecule has 0 radical (unpaired) electrons. The minimum atomic E-state index is -0.543. The van der Waals surface area contributed by atoms with Crippen LogP contribution in [0.1, 0.15) is 22.3 Å². The van der Waals surface area contributed by atoms with Gasteiger partial charge in [-0.1, -0.05) is 212 Å². The summed E-state index contributed by atoms with van der Waals surface area (Å²) >= 11 is 0. The summed E-state index contributed by atoms with van der Waals surface area (Å²) in [5.41, 5.74) is 17.6. The van der Waals surface area contributed by atoms with E-state index in [4.69, 9.17) is 0 Å². The Hall–Kier alpha value is -7.74. The summed E-state index contributed by atoms with van der Waals surface area (Å²) in [7, 11) is 0. The van der Waals surface area contributed by atoms with Crippen molar-refractivity contribution in [1.29, 1.82) is 0 Å². The van der Waals surface area contributed by atoms with Crippen LogP contribution in [0.4, 0.5) is 17.1 Å². The predicted octanol–water partition coefficient (Wildman–Crippen LogP) is 15.7. The maximum absolute atomic E-state index is 2.51. The van der Waals surface area contributed by atoms with Gasteiger partial charge < -0.3 is 4.90 Å². The Labute approximate surface area is 352 Å². The van der Waals surface area contributed by atoms with Crippen molar-refractivity contribution < 1.29 is 0 Å². The van der Waals surface area contributed by atoms with E-state index in [1.165, 1.54) is 77.5 Å². The van der Waals surface area contributed by atoms with Gasteiger partial charge in [-0.15, -0.1) is 0 Å². The number of fused-ring (bicyclic) bond motifs is 4. The SMILES string of the molecule is c1ccc(-c2ccc(-c3ccc(N(c4ccccc4)c4cc5c(cc4-c4cccc6ccccc46)-c4ccccc4C5(c4ccccc4)c4ccccc4)cc3)cc2)cc1. The van der Waals surface area contributed by atoms with E-state index in [9.17, 15) is 0 Å². The van der Waals surface area contributed by atoms with Crippen molar-refractivity contribution >= 4 is 27.8 Å². The van der Waals surface area contributed by atoms with E-state index in [0.717, 1.165) is 17.1 Å². The van der Waals surface area contributed by atoms with Gasteiger partial charge in [0.2, 0.25) is 0 Å². The Bertz CT molecular complexity index is 3050. The third kappa shape index (κ3) is 5.86. The third-order valence-corrected chi connectivity index (χ3v) is 12.4. The predicted molar refractivity (Wildman–Crippen MR) is 252 cm³/mol. The van der Waals surface area contributed by atoms with Crippen LogP contribution in [0.5, 0.6) is 0 Å². The molecule has 0 atom stereocenters. The summed E-state index contributed by atoms with van der Waals surface area (Å²) in [5, 5.41) is 2.45. The largest absolute Gasteiger partial charge is 0.310 e. The molecule has 0 saturated carbocycles. The average Bonchev–Trinajstić information content (AvgIpc) is 3.62. The molecule has 0 amide bonds. The molecule has 1 aliphatic carbocycles. The first-order valence-corrected chi connectivity index (χ1v) is 20.8. The molecule has 0 heterocycles. The van der Waals surface area contributed by atoms with Crippen LogP contribution in [-0.4, -0.2) is 0 Å². The smallest absolute Gasteiger partial charge is 0.0714 e. The van der Waals surface area contributed by atoms with Crippen molar-refractivity contribution in [2.24, 2.45) is 0 Å². The Morgan fingerprint density at radius 1 is 0.283 bits per heavy atom. The Kier molecular flexibility index (Phi) is 8.79. The molecular weight excluding hydrogens is 723 g/mol. The second-order valence-electron chi connectivity index (χ2n) is 15.6. The zero-order valence-corrected chi connectivity index (χ0v) is 33.1. The van der Waals surface area contributed by atoms with Gasteiger partial charge in [0.1, 0.15) is 0 Å². The molecule has 1 nitrogen and oxygen atoms in total. The molecule has 10 aromatic rings. The first kappa shape index (κ1) is 35.4. The van der Waals surface area contributed by atoms with Gasteiger partial charge in [0.15, 0.2) is 0 Å². The lowest BCUT2D eigenvalue weighted by atomic mass is 9.67. The van der Waals surface area contributed by atoms with Gasteiger partial charge >= 0.3 is 0 Å². The van der Waals surface area contributed by atoms with Crippen LogP contribution in [-0.2, 0) is 5.41 Å². The van der Waals surface area contributed by atoms with Gasteiger partial charge in [-0.05, 0) is 108 Å². The fourth-order valence-corrected chi connectivity index (χ4v) is 9.63. The lowest BCUT2D eigenvalue weighted by molar-refractivity contribution is 0.768. The molecule has 11 rings (SSSR count). The molecule has 0 saturated heterocycles. The summed E-state index contributed by atoms with van der Waals surface area (Å²) in [5.74, 6) is 0. The molecule has 1 aliphatic rings. The quantitative estimate of drug-likeness (QED) is 0.149. The summed E-state index contributed by atoms with van der Waals surface area (Å²) < 4.78 is 0. The highest BCUT2D eigenvalue weighted by Gasteiger charge is 2.46. The first-order valence-electron chi connectivity index (χ1n) is 20.8. The molecule has 0 spiro atoms. The van der Waals surface area contributed by atoms with Gasteiger partial charge in [0.05, 0.1) is 11.1 Å². The van der Waals surface area contributed by atoms with Gasteiger partial charge in [0.25, 0.3) is 0 Å². The molecule has 0 aromatic heterocycles. The molecule has 60 heavy (non-hydrogen) atoms. The molecule has 1 heteroatoms. The fraction of sp³-hybridized carbons (Fsp3) is 0.0169. The van der Waals surface area contributed by atoms with Gasteiger partial charge in [-0.2, -0.15) is 0 Å². The van der Waals surface area contributed by atoms with E-state index in [-0.39, 0.29) is 0 Å². The average molecular weight is 764 g/mol.